The minimum absolute atomic E-state index is 1.13. The van der Waals surface area contributed by atoms with E-state index in [1.54, 1.807) is 0 Å². The van der Waals surface area contributed by atoms with Crippen LogP contribution in [0.1, 0.15) is 0 Å². The second-order valence-electron chi connectivity index (χ2n) is 13.4. The number of rotatable bonds is 6. The summed E-state index contributed by atoms with van der Waals surface area (Å²) in [5, 5.41) is 7.55. The lowest BCUT2D eigenvalue weighted by Crippen LogP contribution is -2.09. The van der Waals surface area contributed by atoms with E-state index in [0.29, 0.717) is 0 Å². The van der Waals surface area contributed by atoms with Crippen molar-refractivity contribution < 1.29 is 0 Å². The standard InChI is InChI=1S/C50H33NS/c1-2-9-34(10-3-1)36-21-24-44(25-22-36)51(46-27-28-50-48(33-46)47-15-6-7-16-49(47)52-50)45-26-23-42-31-41(19-20-43(42)32-45)39-14-8-13-38(30-39)40-18-17-35-11-4-5-12-37(35)29-40/h1-33H. The number of anilines is 3. The number of nitrogens with zero attached hydrogens (tertiary/aromatic N) is 1. The number of thiophene rings is 1. The third-order valence-electron chi connectivity index (χ3n) is 10.2. The molecule has 0 aliphatic heterocycles. The highest BCUT2D eigenvalue weighted by molar-refractivity contribution is 7.25. The SMILES string of the molecule is c1ccc(-c2ccc(N(c3ccc4cc(-c5cccc(-c6ccc7ccccc7c6)c5)ccc4c3)c3ccc4sc5ccccc5c4c3)cc2)cc1. The zero-order valence-corrected chi connectivity index (χ0v) is 29.2. The number of fused-ring (bicyclic) bond motifs is 5. The van der Waals surface area contributed by atoms with Crippen molar-refractivity contribution in [1.29, 1.82) is 0 Å². The van der Waals surface area contributed by atoms with E-state index in [9.17, 15) is 0 Å². The van der Waals surface area contributed by atoms with E-state index in [4.69, 9.17) is 0 Å². The number of hydrogen-bond acceptors (Lipinski definition) is 2. The second kappa shape index (κ2) is 12.7. The van der Waals surface area contributed by atoms with Crippen LogP contribution >= 0.6 is 11.3 Å². The van der Waals surface area contributed by atoms with Gasteiger partial charge in [-0.1, -0.05) is 133 Å². The fourth-order valence-electron chi connectivity index (χ4n) is 7.53. The Hall–Kier alpha value is -6.48. The van der Waals surface area contributed by atoms with Crippen LogP contribution in [0.25, 0.3) is 75.1 Å². The first-order valence-corrected chi connectivity index (χ1v) is 18.6. The summed E-state index contributed by atoms with van der Waals surface area (Å²) in [4.78, 5) is 2.39. The number of hydrogen-bond donors (Lipinski definition) is 0. The Balaban J connectivity index is 1.04. The van der Waals surface area contributed by atoms with Crippen LogP contribution in [0.2, 0.25) is 0 Å². The van der Waals surface area contributed by atoms with Gasteiger partial charge in [-0.05, 0) is 122 Å². The van der Waals surface area contributed by atoms with Crippen LogP contribution in [0.5, 0.6) is 0 Å². The van der Waals surface area contributed by atoms with Gasteiger partial charge in [0.05, 0.1) is 0 Å². The molecule has 9 aromatic carbocycles. The maximum atomic E-state index is 2.39. The average molecular weight is 680 g/mol. The van der Waals surface area contributed by atoms with E-state index in [1.165, 1.54) is 75.1 Å². The highest BCUT2D eigenvalue weighted by Gasteiger charge is 2.16. The van der Waals surface area contributed by atoms with Crippen molar-refractivity contribution in [3.63, 3.8) is 0 Å². The molecule has 10 aromatic rings. The molecule has 0 aliphatic rings. The molecule has 52 heavy (non-hydrogen) atoms. The number of benzene rings is 9. The summed E-state index contributed by atoms with van der Waals surface area (Å²) >= 11 is 1.86. The van der Waals surface area contributed by atoms with Crippen LogP contribution in [-0.4, -0.2) is 0 Å². The molecule has 1 heterocycles. The maximum Gasteiger partial charge on any atom is 0.0468 e. The van der Waals surface area contributed by atoms with Gasteiger partial charge in [0, 0.05) is 37.2 Å². The molecule has 0 bridgehead atoms. The zero-order chi connectivity index (χ0) is 34.4. The molecule has 0 N–H and O–H groups in total. The van der Waals surface area contributed by atoms with Gasteiger partial charge in [-0.25, -0.2) is 0 Å². The molecule has 0 spiro atoms. The van der Waals surface area contributed by atoms with Gasteiger partial charge in [-0.3, -0.25) is 0 Å². The van der Waals surface area contributed by atoms with Crippen molar-refractivity contribution in [2.24, 2.45) is 0 Å². The molecule has 0 unspecified atom stereocenters. The molecule has 0 saturated heterocycles. The first kappa shape index (κ1) is 30.4. The average Bonchev–Trinajstić information content (AvgIpc) is 3.59. The Morgan fingerprint density at radius 1 is 0.269 bits per heavy atom. The van der Waals surface area contributed by atoms with Gasteiger partial charge in [-0.2, -0.15) is 0 Å². The Bertz CT molecular complexity index is 2900. The van der Waals surface area contributed by atoms with E-state index in [2.05, 4.69) is 205 Å². The van der Waals surface area contributed by atoms with E-state index < -0.39 is 0 Å². The van der Waals surface area contributed by atoms with Gasteiger partial charge in [-0.15, -0.1) is 11.3 Å². The molecule has 0 aliphatic carbocycles. The van der Waals surface area contributed by atoms with Crippen LogP contribution in [0, 0.1) is 0 Å². The van der Waals surface area contributed by atoms with E-state index in [-0.39, 0.29) is 0 Å². The first-order valence-electron chi connectivity index (χ1n) is 17.7. The van der Waals surface area contributed by atoms with Gasteiger partial charge in [0.25, 0.3) is 0 Å². The third kappa shape index (κ3) is 5.51. The molecule has 0 fully saturated rings. The first-order chi connectivity index (χ1) is 25.7. The van der Waals surface area contributed by atoms with Crippen LogP contribution in [0.3, 0.4) is 0 Å². The summed E-state index contributed by atoms with van der Waals surface area (Å²) in [7, 11) is 0. The summed E-state index contributed by atoms with van der Waals surface area (Å²) in [6, 6.07) is 73.0. The quantitative estimate of drug-likeness (QED) is 0.169. The molecule has 0 amide bonds. The molecule has 0 saturated carbocycles. The van der Waals surface area contributed by atoms with Crippen LogP contribution in [-0.2, 0) is 0 Å². The third-order valence-corrected chi connectivity index (χ3v) is 11.4. The predicted molar refractivity (Wildman–Crippen MR) is 225 cm³/mol. The smallest absolute Gasteiger partial charge is 0.0468 e. The topological polar surface area (TPSA) is 3.24 Å². The molecule has 0 atom stereocenters. The van der Waals surface area contributed by atoms with Crippen molar-refractivity contribution in [3.05, 3.63) is 200 Å². The van der Waals surface area contributed by atoms with Gasteiger partial charge >= 0.3 is 0 Å². The maximum absolute atomic E-state index is 2.39. The fraction of sp³-hybridized carbons (Fsp3) is 0. The van der Waals surface area contributed by atoms with Crippen molar-refractivity contribution in [2.45, 2.75) is 0 Å². The van der Waals surface area contributed by atoms with Crippen molar-refractivity contribution >= 4 is 70.1 Å². The molecule has 1 nitrogen and oxygen atoms in total. The van der Waals surface area contributed by atoms with E-state index in [1.807, 2.05) is 11.3 Å². The van der Waals surface area contributed by atoms with E-state index in [0.717, 1.165) is 17.1 Å². The zero-order valence-electron chi connectivity index (χ0n) is 28.4. The Labute approximate surface area is 307 Å². The molecular formula is C50H33NS. The highest BCUT2D eigenvalue weighted by atomic mass is 32.1. The molecule has 2 heteroatoms. The van der Waals surface area contributed by atoms with Gasteiger partial charge < -0.3 is 4.90 Å². The van der Waals surface area contributed by atoms with Crippen molar-refractivity contribution in [2.75, 3.05) is 4.90 Å². The molecule has 10 rings (SSSR count). The Kier molecular flexibility index (Phi) is 7.41. The minimum atomic E-state index is 1.13. The minimum Gasteiger partial charge on any atom is -0.310 e. The van der Waals surface area contributed by atoms with Crippen LogP contribution < -0.4 is 4.90 Å². The lowest BCUT2D eigenvalue weighted by atomic mass is 9.96. The molecule has 0 radical (unpaired) electrons. The summed E-state index contributed by atoms with van der Waals surface area (Å²) in [5.41, 5.74) is 10.7. The van der Waals surface area contributed by atoms with Crippen LogP contribution in [0.15, 0.2) is 200 Å². The summed E-state index contributed by atoms with van der Waals surface area (Å²) < 4.78 is 2.62. The summed E-state index contributed by atoms with van der Waals surface area (Å²) in [5.74, 6) is 0. The van der Waals surface area contributed by atoms with Gasteiger partial charge in [0.1, 0.15) is 0 Å². The van der Waals surface area contributed by atoms with Gasteiger partial charge in [0.15, 0.2) is 0 Å². The van der Waals surface area contributed by atoms with Crippen molar-refractivity contribution in [3.8, 4) is 33.4 Å². The summed E-state index contributed by atoms with van der Waals surface area (Å²) in [6.07, 6.45) is 0. The monoisotopic (exact) mass is 679 g/mol. The molecular weight excluding hydrogens is 647 g/mol. The highest BCUT2D eigenvalue weighted by Crippen LogP contribution is 2.42. The van der Waals surface area contributed by atoms with Gasteiger partial charge in [0.2, 0.25) is 0 Å². The van der Waals surface area contributed by atoms with Crippen LogP contribution in [0.4, 0.5) is 17.1 Å². The predicted octanol–water partition coefficient (Wildman–Crippen LogP) is 14.8. The Morgan fingerprint density at radius 3 is 1.58 bits per heavy atom. The summed E-state index contributed by atoms with van der Waals surface area (Å²) in [6.45, 7) is 0. The Morgan fingerprint density at radius 2 is 0.769 bits per heavy atom. The molecule has 244 valence electrons. The fourth-order valence-corrected chi connectivity index (χ4v) is 8.62. The second-order valence-corrected chi connectivity index (χ2v) is 14.5. The molecule has 1 aromatic heterocycles. The normalized spacial score (nSPS) is 11.5. The van der Waals surface area contributed by atoms with E-state index >= 15 is 0 Å². The van der Waals surface area contributed by atoms with Crippen molar-refractivity contribution in [1.82, 2.24) is 0 Å². The lowest BCUT2D eigenvalue weighted by molar-refractivity contribution is 1.30. The largest absolute Gasteiger partial charge is 0.310 e. The lowest BCUT2D eigenvalue weighted by Gasteiger charge is -2.26.